The molecule has 0 aromatic heterocycles. The first-order chi connectivity index (χ1) is 9.78. The second kappa shape index (κ2) is 8.28. The van der Waals surface area contributed by atoms with Gasteiger partial charge in [-0.05, 0) is 50.0 Å². The molecule has 0 aliphatic carbocycles. The maximum Gasteiger partial charge on any atom is 0.0340 e. The fourth-order valence-corrected chi connectivity index (χ4v) is 2.74. The van der Waals surface area contributed by atoms with E-state index in [2.05, 4.69) is 41.4 Å². The Balaban J connectivity index is 1.73. The lowest BCUT2D eigenvalue weighted by Crippen LogP contribution is -2.28. The van der Waals surface area contributed by atoms with Crippen LogP contribution >= 0.6 is 0 Å². The molecule has 0 spiro atoms. The lowest BCUT2D eigenvalue weighted by molar-refractivity contribution is 0.331. The molecule has 20 heavy (non-hydrogen) atoms. The van der Waals surface area contributed by atoms with E-state index < -0.39 is 0 Å². The van der Waals surface area contributed by atoms with Gasteiger partial charge in [-0.15, -0.1) is 0 Å². The molecule has 3 N–H and O–H groups in total. The fraction of sp³-hybridized carbons (Fsp3) is 0.647. The minimum Gasteiger partial charge on any atom is -0.383 e. The molecule has 0 radical (unpaired) electrons. The molecule has 1 atom stereocenters. The molecule has 1 aliphatic rings. The summed E-state index contributed by atoms with van der Waals surface area (Å²) >= 11 is 0. The van der Waals surface area contributed by atoms with Crippen LogP contribution in [0.3, 0.4) is 0 Å². The van der Waals surface area contributed by atoms with Gasteiger partial charge in [-0.2, -0.15) is 0 Å². The summed E-state index contributed by atoms with van der Waals surface area (Å²) in [5.41, 5.74) is 8.67. The molecule has 1 aromatic rings. The van der Waals surface area contributed by atoms with E-state index in [4.69, 9.17) is 5.73 Å². The molecule has 1 unspecified atom stereocenters. The smallest absolute Gasteiger partial charge is 0.0340 e. The molecule has 1 aromatic carbocycles. The summed E-state index contributed by atoms with van der Waals surface area (Å²) in [5.74, 6) is 0. The highest BCUT2D eigenvalue weighted by Crippen LogP contribution is 2.15. The molecular weight excluding hydrogens is 246 g/mol. The van der Waals surface area contributed by atoms with Crippen LogP contribution in [0.15, 0.2) is 24.3 Å². The van der Waals surface area contributed by atoms with Crippen molar-refractivity contribution >= 4 is 5.69 Å². The highest BCUT2D eigenvalue weighted by Gasteiger charge is 2.11. The highest BCUT2D eigenvalue weighted by molar-refractivity contribution is 5.44. The van der Waals surface area contributed by atoms with Crippen LogP contribution in [0.2, 0.25) is 0 Å². The summed E-state index contributed by atoms with van der Waals surface area (Å²) in [4.78, 5) is 2.53. The molecule has 0 amide bonds. The van der Waals surface area contributed by atoms with Crippen LogP contribution in [0.4, 0.5) is 5.69 Å². The summed E-state index contributed by atoms with van der Waals surface area (Å²) in [5, 5.41) is 3.44. The molecule has 3 heteroatoms. The van der Waals surface area contributed by atoms with Crippen molar-refractivity contribution in [3.8, 4) is 0 Å². The molecule has 1 fully saturated rings. The van der Waals surface area contributed by atoms with Crippen LogP contribution in [0.5, 0.6) is 0 Å². The zero-order chi connectivity index (χ0) is 14.2. The van der Waals surface area contributed by atoms with Gasteiger partial charge in [0.2, 0.25) is 0 Å². The largest absolute Gasteiger partial charge is 0.383 e. The molecule has 1 saturated heterocycles. The van der Waals surface area contributed by atoms with Crippen molar-refractivity contribution in [3.05, 3.63) is 29.8 Å². The molecule has 112 valence electrons. The van der Waals surface area contributed by atoms with Crippen molar-refractivity contribution in [2.24, 2.45) is 5.73 Å². The number of benzene rings is 1. The molecular formula is C17H29N3. The van der Waals surface area contributed by atoms with Gasteiger partial charge in [-0.25, -0.2) is 0 Å². The number of nitrogens with two attached hydrogens (primary N) is 1. The van der Waals surface area contributed by atoms with Crippen LogP contribution in [0.1, 0.15) is 44.6 Å². The topological polar surface area (TPSA) is 41.3 Å². The number of nitrogens with one attached hydrogen (secondary N) is 1. The predicted octanol–water partition coefficient (Wildman–Crippen LogP) is 3.21. The Hall–Kier alpha value is -1.06. The van der Waals surface area contributed by atoms with Gasteiger partial charge in [-0.1, -0.05) is 31.9 Å². The lowest BCUT2D eigenvalue weighted by Gasteiger charge is -2.16. The minimum absolute atomic E-state index is 0.263. The van der Waals surface area contributed by atoms with Crippen molar-refractivity contribution in [2.75, 3.05) is 25.0 Å². The first kappa shape index (κ1) is 15.3. The van der Waals surface area contributed by atoms with E-state index in [1.54, 1.807) is 0 Å². The van der Waals surface area contributed by atoms with Crippen LogP contribution in [-0.4, -0.2) is 30.6 Å². The first-order valence-electron chi connectivity index (χ1n) is 8.08. The molecule has 0 bridgehead atoms. The maximum absolute atomic E-state index is 6.08. The number of rotatable bonds is 8. The first-order valence-corrected chi connectivity index (χ1v) is 8.08. The predicted molar refractivity (Wildman–Crippen MR) is 86.9 cm³/mol. The minimum atomic E-state index is 0.263. The number of anilines is 1. The summed E-state index contributed by atoms with van der Waals surface area (Å²) in [6, 6.07) is 9.09. The van der Waals surface area contributed by atoms with E-state index in [1.807, 2.05) is 0 Å². The van der Waals surface area contributed by atoms with Gasteiger partial charge < -0.3 is 11.1 Å². The summed E-state index contributed by atoms with van der Waals surface area (Å²) in [7, 11) is 0. The van der Waals surface area contributed by atoms with Crippen molar-refractivity contribution < 1.29 is 0 Å². The zero-order valence-corrected chi connectivity index (χ0v) is 12.8. The van der Waals surface area contributed by atoms with E-state index in [-0.39, 0.29) is 6.04 Å². The molecule has 3 nitrogen and oxygen atoms in total. The quantitative estimate of drug-likeness (QED) is 0.765. The Bertz CT molecular complexity index is 368. The van der Waals surface area contributed by atoms with E-state index >= 15 is 0 Å². The van der Waals surface area contributed by atoms with Gasteiger partial charge in [0, 0.05) is 24.8 Å². The van der Waals surface area contributed by atoms with Crippen molar-refractivity contribution in [1.29, 1.82) is 0 Å². The van der Waals surface area contributed by atoms with Crippen molar-refractivity contribution in [3.63, 3.8) is 0 Å². The number of unbranched alkanes of at least 4 members (excludes halogenated alkanes) is 1. The summed E-state index contributed by atoms with van der Waals surface area (Å²) < 4.78 is 0. The van der Waals surface area contributed by atoms with E-state index in [9.17, 15) is 0 Å². The van der Waals surface area contributed by atoms with Gasteiger partial charge in [0.1, 0.15) is 0 Å². The van der Waals surface area contributed by atoms with Crippen LogP contribution < -0.4 is 11.1 Å². The molecule has 1 heterocycles. The third-order valence-corrected chi connectivity index (χ3v) is 4.06. The monoisotopic (exact) mass is 275 g/mol. The van der Waals surface area contributed by atoms with E-state index in [0.29, 0.717) is 0 Å². The Morgan fingerprint density at radius 2 is 1.90 bits per heavy atom. The van der Waals surface area contributed by atoms with Crippen LogP contribution in [0, 0.1) is 0 Å². The Morgan fingerprint density at radius 1 is 1.20 bits per heavy atom. The normalized spacial score (nSPS) is 17.3. The molecule has 1 aliphatic heterocycles. The van der Waals surface area contributed by atoms with Crippen molar-refractivity contribution in [2.45, 2.75) is 51.6 Å². The van der Waals surface area contributed by atoms with Crippen LogP contribution in [-0.2, 0) is 6.54 Å². The Kier molecular flexibility index (Phi) is 6.34. The van der Waals surface area contributed by atoms with Crippen LogP contribution in [0.25, 0.3) is 0 Å². The Labute approximate surface area is 123 Å². The maximum atomic E-state index is 6.08. The van der Waals surface area contributed by atoms with Gasteiger partial charge in [-0.3, -0.25) is 4.90 Å². The highest BCUT2D eigenvalue weighted by atomic mass is 15.1. The number of hydrogen-bond acceptors (Lipinski definition) is 3. The fourth-order valence-electron chi connectivity index (χ4n) is 2.74. The average molecular weight is 275 g/mol. The van der Waals surface area contributed by atoms with E-state index in [1.165, 1.54) is 50.0 Å². The molecule has 2 rings (SSSR count). The lowest BCUT2D eigenvalue weighted by atomic mass is 10.1. The van der Waals surface area contributed by atoms with Gasteiger partial charge >= 0.3 is 0 Å². The number of nitrogens with zero attached hydrogens (tertiary/aromatic N) is 1. The summed E-state index contributed by atoms with van der Waals surface area (Å²) in [6.07, 6.45) is 6.26. The second-order valence-corrected chi connectivity index (χ2v) is 5.96. The Morgan fingerprint density at radius 3 is 2.55 bits per heavy atom. The SMILES string of the molecule is CCCCC(N)CNc1ccc(CN2CCCC2)cc1. The molecule has 0 saturated carbocycles. The zero-order valence-electron chi connectivity index (χ0n) is 12.8. The van der Waals surface area contributed by atoms with Gasteiger partial charge in [0.15, 0.2) is 0 Å². The van der Waals surface area contributed by atoms with Gasteiger partial charge in [0.05, 0.1) is 0 Å². The third-order valence-electron chi connectivity index (χ3n) is 4.06. The summed E-state index contributed by atoms with van der Waals surface area (Å²) in [6.45, 7) is 6.68. The van der Waals surface area contributed by atoms with Crippen molar-refractivity contribution in [1.82, 2.24) is 4.90 Å². The number of likely N-dealkylation sites (tertiary alicyclic amines) is 1. The van der Waals surface area contributed by atoms with Gasteiger partial charge in [0.25, 0.3) is 0 Å². The third kappa shape index (κ3) is 5.14. The van der Waals surface area contributed by atoms with E-state index in [0.717, 1.165) is 19.5 Å². The number of hydrogen-bond donors (Lipinski definition) is 2. The standard InChI is InChI=1S/C17H29N3/c1-2-3-6-16(18)13-19-17-9-7-15(8-10-17)14-20-11-4-5-12-20/h7-10,16,19H,2-6,11-14,18H2,1H3. The average Bonchev–Trinajstić information content (AvgIpc) is 2.97. The second-order valence-electron chi connectivity index (χ2n) is 5.96.